The molecule has 7 nitrogen and oxygen atoms in total. The fourth-order valence-corrected chi connectivity index (χ4v) is 1.86. The third-order valence-electron chi connectivity index (χ3n) is 2.96. The van der Waals surface area contributed by atoms with Crippen molar-refractivity contribution in [2.45, 2.75) is 6.54 Å². The van der Waals surface area contributed by atoms with Gasteiger partial charge in [0.25, 0.3) is 0 Å². The minimum Gasteiger partial charge on any atom is -0.347 e. The zero-order valence-electron chi connectivity index (χ0n) is 11.7. The van der Waals surface area contributed by atoms with E-state index in [2.05, 4.69) is 25.8 Å². The summed E-state index contributed by atoms with van der Waals surface area (Å²) >= 11 is 0. The molecule has 3 aromatic rings. The van der Waals surface area contributed by atoms with Gasteiger partial charge in [0.2, 0.25) is 5.91 Å². The number of carbonyl (C=O) groups is 1. The highest BCUT2D eigenvalue weighted by molar-refractivity contribution is 5.91. The van der Waals surface area contributed by atoms with E-state index in [1.807, 2.05) is 36.5 Å². The summed E-state index contributed by atoms with van der Waals surface area (Å²) < 4.78 is 1.76. The van der Waals surface area contributed by atoms with Crippen molar-refractivity contribution in [1.82, 2.24) is 30.5 Å². The van der Waals surface area contributed by atoms with Gasteiger partial charge < -0.3 is 5.32 Å². The van der Waals surface area contributed by atoms with Gasteiger partial charge in [-0.15, -0.1) is 0 Å². The van der Waals surface area contributed by atoms with Crippen molar-refractivity contribution in [2.24, 2.45) is 0 Å². The summed E-state index contributed by atoms with van der Waals surface area (Å²) in [7, 11) is 0. The summed E-state index contributed by atoms with van der Waals surface area (Å²) in [6.07, 6.45) is 8.30. The van der Waals surface area contributed by atoms with Crippen molar-refractivity contribution in [3.63, 3.8) is 0 Å². The van der Waals surface area contributed by atoms with Gasteiger partial charge in [-0.3, -0.25) is 4.79 Å². The molecule has 1 amide bonds. The smallest absolute Gasteiger partial charge is 0.244 e. The van der Waals surface area contributed by atoms with Crippen LogP contribution in [0.4, 0.5) is 0 Å². The van der Waals surface area contributed by atoms with Crippen LogP contribution in [0.25, 0.3) is 11.8 Å². The van der Waals surface area contributed by atoms with Gasteiger partial charge >= 0.3 is 0 Å². The highest BCUT2D eigenvalue weighted by Gasteiger charge is 2.00. The zero-order valence-corrected chi connectivity index (χ0v) is 11.7. The molecule has 2 heterocycles. The van der Waals surface area contributed by atoms with E-state index in [1.54, 1.807) is 23.2 Å². The highest BCUT2D eigenvalue weighted by Crippen LogP contribution is 2.08. The predicted octanol–water partition coefficient (Wildman–Crippen LogP) is 1.32. The lowest BCUT2D eigenvalue weighted by Crippen LogP contribution is -2.20. The molecule has 1 aromatic carbocycles. The number of aromatic amines is 1. The minimum atomic E-state index is -0.199. The molecule has 22 heavy (non-hydrogen) atoms. The summed E-state index contributed by atoms with van der Waals surface area (Å²) in [4.78, 5) is 11.7. The van der Waals surface area contributed by atoms with Gasteiger partial charge in [0.1, 0.15) is 5.69 Å². The molecule has 0 aliphatic rings. The van der Waals surface area contributed by atoms with Crippen molar-refractivity contribution in [3.05, 3.63) is 66.3 Å². The van der Waals surface area contributed by atoms with Crippen LogP contribution in [0, 0.1) is 0 Å². The van der Waals surface area contributed by atoms with E-state index in [4.69, 9.17) is 0 Å². The van der Waals surface area contributed by atoms with E-state index in [9.17, 15) is 4.79 Å². The van der Waals surface area contributed by atoms with Crippen molar-refractivity contribution in [3.8, 4) is 5.69 Å². The fraction of sp³-hybridized carbons (Fsp3) is 0.0667. The molecular weight excluding hydrogens is 280 g/mol. The Balaban J connectivity index is 1.58. The topological polar surface area (TPSA) is 88.5 Å². The fourth-order valence-electron chi connectivity index (χ4n) is 1.86. The van der Waals surface area contributed by atoms with Crippen molar-refractivity contribution in [2.75, 3.05) is 0 Å². The Morgan fingerprint density at radius 3 is 2.91 bits per heavy atom. The quantitative estimate of drug-likeness (QED) is 0.695. The molecule has 0 saturated carbocycles. The molecule has 0 atom stereocenters. The predicted molar refractivity (Wildman–Crippen MR) is 80.8 cm³/mol. The second kappa shape index (κ2) is 6.49. The van der Waals surface area contributed by atoms with Crippen LogP contribution in [0.15, 0.2) is 55.0 Å². The van der Waals surface area contributed by atoms with Crippen molar-refractivity contribution < 1.29 is 4.79 Å². The van der Waals surface area contributed by atoms with Crippen LogP contribution < -0.4 is 5.32 Å². The average Bonchev–Trinajstić information content (AvgIpc) is 3.23. The number of nitrogens with zero attached hydrogens (tertiary/aromatic N) is 4. The molecule has 0 aliphatic heterocycles. The van der Waals surface area contributed by atoms with Gasteiger partial charge in [0.15, 0.2) is 0 Å². The summed E-state index contributed by atoms with van der Waals surface area (Å²) in [5, 5.41) is 17.0. The largest absolute Gasteiger partial charge is 0.347 e. The number of para-hydroxylation sites is 1. The van der Waals surface area contributed by atoms with E-state index in [0.29, 0.717) is 12.2 Å². The first kappa shape index (κ1) is 13.7. The lowest BCUT2D eigenvalue weighted by molar-refractivity contribution is -0.116. The van der Waals surface area contributed by atoms with Gasteiger partial charge in [-0.25, -0.2) is 4.68 Å². The number of aromatic nitrogens is 5. The standard InChI is InChI=1S/C15H14N6O/c22-15(16-9-13-10-17-20-19-13)7-6-12-8-18-21(11-12)14-4-2-1-3-5-14/h1-8,10-11H,9H2,(H,16,22)(H,17,19,20)/b7-6+. The first-order valence-electron chi connectivity index (χ1n) is 6.72. The number of carbonyl (C=O) groups excluding carboxylic acids is 1. The molecule has 0 fully saturated rings. The summed E-state index contributed by atoms with van der Waals surface area (Å²) in [5.41, 5.74) is 2.50. The molecule has 2 aromatic heterocycles. The van der Waals surface area contributed by atoms with E-state index in [0.717, 1.165) is 11.3 Å². The Hall–Kier alpha value is -3.22. The molecule has 0 aliphatic carbocycles. The maximum atomic E-state index is 11.7. The average molecular weight is 294 g/mol. The normalized spacial score (nSPS) is 10.9. The third-order valence-corrected chi connectivity index (χ3v) is 2.96. The second-order valence-electron chi connectivity index (χ2n) is 4.57. The van der Waals surface area contributed by atoms with Crippen LogP contribution >= 0.6 is 0 Å². The third kappa shape index (κ3) is 3.45. The van der Waals surface area contributed by atoms with Gasteiger partial charge in [-0.1, -0.05) is 18.2 Å². The number of amides is 1. The molecule has 3 rings (SSSR count). The molecule has 110 valence electrons. The summed E-state index contributed by atoms with van der Waals surface area (Å²) in [6, 6.07) is 9.77. The molecular formula is C15H14N6O. The number of hydrogen-bond donors (Lipinski definition) is 2. The van der Waals surface area contributed by atoms with Crippen LogP contribution in [-0.4, -0.2) is 31.1 Å². The Labute approximate surface area is 126 Å². The van der Waals surface area contributed by atoms with Gasteiger partial charge in [0.05, 0.1) is 24.6 Å². The van der Waals surface area contributed by atoms with Gasteiger partial charge in [0, 0.05) is 17.8 Å². The Kier molecular flexibility index (Phi) is 4.05. The maximum Gasteiger partial charge on any atom is 0.244 e. The lowest BCUT2D eigenvalue weighted by Gasteiger charge is -1.98. The van der Waals surface area contributed by atoms with Crippen LogP contribution in [-0.2, 0) is 11.3 Å². The van der Waals surface area contributed by atoms with E-state index >= 15 is 0 Å². The van der Waals surface area contributed by atoms with Crippen LogP contribution in [0.2, 0.25) is 0 Å². The van der Waals surface area contributed by atoms with Crippen LogP contribution in [0.5, 0.6) is 0 Å². The number of H-pyrrole nitrogens is 1. The van der Waals surface area contributed by atoms with Gasteiger partial charge in [-0.05, 0) is 18.2 Å². The van der Waals surface area contributed by atoms with E-state index in [1.165, 1.54) is 6.08 Å². The highest BCUT2D eigenvalue weighted by atomic mass is 16.1. The monoisotopic (exact) mass is 294 g/mol. The first-order chi connectivity index (χ1) is 10.8. The number of hydrogen-bond acceptors (Lipinski definition) is 4. The molecule has 0 spiro atoms. The molecule has 0 radical (unpaired) electrons. The Bertz CT molecular complexity index is 760. The lowest BCUT2D eigenvalue weighted by atomic mass is 10.3. The number of benzene rings is 1. The SMILES string of the molecule is O=C(/C=C/c1cnn(-c2ccccc2)c1)NCc1cn[nH]n1. The minimum absolute atomic E-state index is 0.199. The number of nitrogens with one attached hydrogen (secondary N) is 2. The Morgan fingerprint density at radius 2 is 2.14 bits per heavy atom. The van der Waals surface area contributed by atoms with E-state index < -0.39 is 0 Å². The molecule has 0 saturated heterocycles. The zero-order chi connectivity index (χ0) is 15.2. The first-order valence-corrected chi connectivity index (χ1v) is 6.72. The molecule has 0 unspecified atom stereocenters. The molecule has 2 N–H and O–H groups in total. The molecule has 7 heteroatoms. The van der Waals surface area contributed by atoms with Crippen molar-refractivity contribution >= 4 is 12.0 Å². The number of rotatable bonds is 5. The van der Waals surface area contributed by atoms with E-state index in [-0.39, 0.29) is 5.91 Å². The second-order valence-corrected chi connectivity index (χ2v) is 4.57. The van der Waals surface area contributed by atoms with Gasteiger partial charge in [-0.2, -0.15) is 20.5 Å². The van der Waals surface area contributed by atoms with Crippen molar-refractivity contribution in [1.29, 1.82) is 0 Å². The Morgan fingerprint density at radius 1 is 1.27 bits per heavy atom. The molecule has 0 bridgehead atoms. The summed E-state index contributed by atoms with van der Waals surface area (Å²) in [6.45, 7) is 0.336. The maximum absolute atomic E-state index is 11.7. The summed E-state index contributed by atoms with van der Waals surface area (Å²) in [5.74, 6) is -0.199. The van der Waals surface area contributed by atoms with Crippen LogP contribution in [0.3, 0.4) is 0 Å². The van der Waals surface area contributed by atoms with Crippen LogP contribution in [0.1, 0.15) is 11.3 Å².